The molecular formula is C14H15ClN6O. The van der Waals surface area contributed by atoms with Crippen LogP contribution in [-0.4, -0.2) is 38.8 Å². The predicted octanol–water partition coefficient (Wildman–Crippen LogP) is 1.84. The van der Waals surface area contributed by atoms with Gasteiger partial charge in [-0.3, -0.25) is 9.67 Å². The molecule has 7 nitrogen and oxygen atoms in total. The molecule has 1 N–H and O–H groups in total. The zero-order chi connectivity index (χ0) is 15.9. The Morgan fingerprint density at radius 2 is 2.14 bits per heavy atom. The number of anilines is 1. The normalized spacial score (nSPS) is 12.5. The molecule has 1 unspecified atom stereocenters. The van der Waals surface area contributed by atoms with Gasteiger partial charge in [0.1, 0.15) is 18.0 Å². The Bertz CT molecular complexity index is 871. The minimum atomic E-state index is -0.359. The second kappa shape index (κ2) is 5.42. The van der Waals surface area contributed by atoms with E-state index in [4.69, 9.17) is 11.6 Å². The zero-order valence-corrected chi connectivity index (χ0v) is 13.2. The summed E-state index contributed by atoms with van der Waals surface area (Å²) in [5.41, 5.74) is 0.350. The quantitative estimate of drug-likeness (QED) is 0.797. The van der Waals surface area contributed by atoms with Crippen molar-refractivity contribution in [2.75, 3.05) is 19.0 Å². The molecule has 0 bridgehead atoms. The fourth-order valence-electron chi connectivity index (χ4n) is 2.45. The van der Waals surface area contributed by atoms with Gasteiger partial charge in [-0.05, 0) is 25.1 Å². The van der Waals surface area contributed by atoms with Crippen LogP contribution in [0.15, 0.2) is 29.3 Å². The standard InChI is InChI=1S/C14H15ClN6O/c1-8(12-16-7-17-19-12)21-11-6-9(15)4-5-10(11)13(20(2)3)18-14(21)22/h4-8H,1-3H3,(H,16,17,19). The lowest BCUT2D eigenvalue weighted by molar-refractivity contribution is 0.589. The molecule has 0 saturated carbocycles. The van der Waals surface area contributed by atoms with Crippen molar-refractivity contribution in [3.63, 3.8) is 0 Å². The Morgan fingerprint density at radius 1 is 1.36 bits per heavy atom. The largest absolute Gasteiger partial charge is 0.362 e. The van der Waals surface area contributed by atoms with Crippen molar-refractivity contribution in [1.82, 2.24) is 24.7 Å². The van der Waals surface area contributed by atoms with E-state index in [1.807, 2.05) is 27.1 Å². The van der Waals surface area contributed by atoms with Crippen molar-refractivity contribution in [3.05, 3.63) is 45.9 Å². The molecule has 0 aliphatic heterocycles. The van der Waals surface area contributed by atoms with Crippen molar-refractivity contribution < 1.29 is 0 Å². The van der Waals surface area contributed by atoms with Crippen molar-refractivity contribution in [3.8, 4) is 0 Å². The third-order valence-electron chi connectivity index (χ3n) is 3.51. The first-order valence-electron chi connectivity index (χ1n) is 6.73. The zero-order valence-electron chi connectivity index (χ0n) is 12.4. The molecule has 22 heavy (non-hydrogen) atoms. The first-order chi connectivity index (χ1) is 10.5. The number of aromatic amines is 1. The van der Waals surface area contributed by atoms with Crippen LogP contribution >= 0.6 is 11.6 Å². The minimum Gasteiger partial charge on any atom is -0.362 e. The molecule has 8 heteroatoms. The van der Waals surface area contributed by atoms with Gasteiger partial charge in [0.2, 0.25) is 0 Å². The summed E-state index contributed by atoms with van der Waals surface area (Å²) < 4.78 is 1.56. The molecule has 3 rings (SSSR count). The van der Waals surface area contributed by atoms with Gasteiger partial charge < -0.3 is 4.90 Å². The molecule has 2 heterocycles. The fraction of sp³-hybridized carbons (Fsp3) is 0.286. The van der Waals surface area contributed by atoms with Gasteiger partial charge in [-0.1, -0.05) is 11.6 Å². The van der Waals surface area contributed by atoms with Crippen LogP contribution in [0.3, 0.4) is 0 Å². The predicted molar refractivity (Wildman–Crippen MR) is 85.5 cm³/mol. The summed E-state index contributed by atoms with van der Waals surface area (Å²) in [6.45, 7) is 1.86. The summed E-state index contributed by atoms with van der Waals surface area (Å²) in [5, 5.41) is 8.03. The van der Waals surface area contributed by atoms with Crippen LogP contribution in [0, 0.1) is 0 Å². The number of aromatic nitrogens is 5. The highest BCUT2D eigenvalue weighted by Gasteiger charge is 2.19. The summed E-state index contributed by atoms with van der Waals surface area (Å²) in [5.74, 6) is 1.19. The highest BCUT2D eigenvalue weighted by molar-refractivity contribution is 6.31. The van der Waals surface area contributed by atoms with E-state index >= 15 is 0 Å². The van der Waals surface area contributed by atoms with Gasteiger partial charge in [-0.2, -0.15) is 10.1 Å². The molecule has 0 amide bonds. The number of rotatable bonds is 3. The molecule has 0 fully saturated rings. The number of H-pyrrole nitrogens is 1. The highest BCUT2D eigenvalue weighted by atomic mass is 35.5. The highest BCUT2D eigenvalue weighted by Crippen LogP contribution is 2.27. The molecule has 2 aromatic heterocycles. The van der Waals surface area contributed by atoms with Gasteiger partial charge in [-0.25, -0.2) is 9.78 Å². The van der Waals surface area contributed by atoms with Crippen molar-refractivity contribution in [2.24, 2.45) is 0 Å². The molecule has 0 saturated heterocycles. The van der Waals surface area contributed by atoms with E-state index in [1.54, 1.807) is 21.6 Å². The first kappa shape index (κ1) is 14.5. The number of benzene rings is 1. The fourth-order valence-corrected chi connectivity index (χ4v) is 2.62. The number of fused-ring (bicyclic) bond motifs is 1. The van der Waals surface area contributed by atoms with Crippen LogP contribution in [0.1, 0.15) is 18.8 Å². The lowest BCUT2D eigenvalue weighted by Crippen LogP contribution is -2.29. The van der Waals surface area contributed by atoms with E-state index in [2.05, 4.69) is 20.2 Å². The van der Waals surface area contributed by atoms with Crippen LogP contribution in [-0.2, 0) is 0 Å². The van der Waals surface area contributed by atoms with Crippen LogP contribution in [0.25, 0.3) is 10.9 Å². The SMILES string of the molecule is CC(c1ncn[nH]1)n1c(=O)nc(N(C)C)c2ccc(Cl)cc21. The van der Waals surface area contributed by atoms with E-state index in [1.165, 1.54) is 6.33 Å². The van der Waals surface area contributed by atoms with Gasteiger partial charge in [-0.15, -0.1) is 0 Å². The van der Waals surface area contributed by atoms with Crippen molar-refractivity contribution >= 4 is 28.3 Å². The molecule has 1 aromatic carbocycles. The Hall–Kier alpha value is -2.41. The molecule has 0 aliphatic carbocycles. The number of nitrogens with zero attached hydrogens (tertiary/aromatic N) is 5. The lowest BCUT2D eigenvalue weighted by atomic mass is 10.2. The van der Waals surface area contributed by atoms with Crippen molar-refractivity contribution in [2.45, 2.75) is 13.0 Å². The molecule has 0 spiro atoms. The number of halogens is 1. The Balaban J connectivity index is 2.35. The van der Waals surface area contributed by atoms with Gasteiger partial charge in [0, 0.05) is 24.5 Å². The molecule has 3 aromatic rings. The average Bonchev–Trinajstić information content (AvgIpc) is 2.99. The molecule has 0 radical (unpaired) electrons. The third kappa shape index (κ3) is 2.33. The van der Waals surface area contributed by atoms with Gasteiger partial charge in [0.05, 0.1) is 11.6 Å². The smallest absolute Gasteiger partial charge is 0.350 e. The van der Waals surface area contributed by atoms with Gasteiger partial charge in [0.25, 0.3) is 0 Å². The van der Waals surface area contributed by atoms with Crippen LogP contribution < -0.4 is 10.6 Å². The summed E-state index contributed by atoms with van der Waals surface area (Å²) in [7, 11) is 3.69. The van der Waals surface area contributed by atoms with E-state index in [0.29, 0.717) is 22.2 Å². The summed E-state index contributed by atoms with van der Waals surface area (Å²) in [6.07, 6.45) is 1.41. The van der Waals surface area contributed by atoms with E-state index < -0.39 is 0 Å². The summed E-state index contributed by atoms with van der Waals surface area (Å²) in [4.78, 5) is 22.6. The van der Waals surface area contributed by atoms with Gasteiger partial charge >= 0.3 is 5.69 Å². The Labute approximate surface area is 131 Å². The summed E-state index contributed by atoms with van der Waals surface area (Å²) >= 11 is 6.12. The van der Waals surface area contributed by atoms with Crippen LogP contribution in [0.2, 0.25) is 5.02 Å². The van der Waals surface area contributed by atoms with Crippen LogP contribution in [0.5, 0.6) is 0 Å². The van der Waals surface area contributed by atoms with Crippen molar-refractivity contribution in [1.29, 1.82) is 0 Å². The number of hydrogen-bond donors (Lipinski definition) is 1. The topological polar surface area (TPSA) is 79.7 Å². The maximum atomic E-state index is 12.5. The van der Waals surface area contributed by atoms with Crippen LogP contribution in [0.4, 0.5) is 5.82 Å². The van der Waals surface area contributed by atoms with E-state index in [9.17, 15) is 4.79 Å². The Morgan fingerprint density at radius 3 is 2.77 bits per heavy atom. The monoisotopic (exact) mass is 318 g/mol. The molecule has 1 atom stereocenters. The first-order valence-corrected chi connectivity index (χ1v) is 7.11. The maximum absolute atomic E-state index is 12.5. The lowest BCUT2D eigenvalue weighted by Gasteiger charge is -2.20. The second-order valence-corrected chi connectivity index (χ2v) is 5.63. The van der Waals surface area contributed by atoms with E-state index in [-0.39, 0.29) is 11.7 Å². The van der Waals surface area contributed by atoms with E-state index in [0.717, 1.165) is 5.39 Å². The summed E-state index contributed by atoms with van der Waals surface area (Å²) in [6, 6.07) is 5.08. The molecular weight excluding hydrogens is 304 g/mol. The molecule has 0 aliphatic rings. The average molecular weight is 319 g/mol. The molecule has 114 valence electrons. The maximum Gasteiger partial charge on any atom is 0.350 e. The number of nitrogens with one attached hydrogen (secondary N) is 1. The second-order valence-electron chi connectivity index (χ2n) is 5.19. The third-order valence-corrected chi connectivity index (χ3v) is 3.74. The Kier molecular flexibility index (Phi) is 3.58. The van der Waals surface area contributed by atoms with Gasteiger partial charge in [0.15, 0.2) is 0 Å². The minimum absolute atomic E-state index is 0.334. The number of hydrogen-bond acceptors (Lipinski definition) is 5.